The van der Waals surface area contributed by atoms with Gasteiger partial charge in [-0.2, -0.15) is 13.2 Å². The first-order chi connectivity index (χ1) is 11.2. The van der Waals surface area contributed by atoms with Crippen LogP contribution in [0.5, 0.6) is 5.75 Å². The van der Waals surface area contributed by atoms with Crippen molar-refractivity contribution < 1.29 is 27.1 Å². The van der Waals surface area contributed by atoms with Gasteiger partial charge in [-0.15, -0.1) is 0 Å². The van der Waals surface area contributed by atoms with Crippen molar-refractivity contribution in [1.82, 2.24) is 0 Å². The van der Waals surface area contributed by atoms with Crippen molar-refractivity contribution >= 4 is 23.2 Å². The van der Waals surface area contributed by atoms with Gasteiger partial charge in [0.2, 0.25) is 5.91 Å². The van der Waals surface area contributed by atoms with E-state index < -0.39 is 29.2 Å². The highest BCUT2D eigenvalue weighted by Crippen LogP contribution is 2.32. The van der Waals surface area contributed by atoms with Gasteiger partial charge >= 0.3 is 6.18 Å². The molecule has 2 aromatic carbocycles. The van der Waals surface area contributed by atoms with E-state index in [9.17, 15) is 22.4 Å². The first-order valence-corrected chi connectivity index (χ1v) is 7.07. The fraction of sp³-hybridized carbons (Fsp3) is 0.188. The highest BCUT2D eigenvalue weighted by molar-refractivity contribution is 6.30. The van der Waals surface area contributed by atoms with Crippen molar-refractivity contribution in [2.24, 2.45) is 0 Å². The first-order valence-electron chi connectivity index (χ1n) is 6.69. The molecule has 0 aliphatic carbocycles. The van der Waals surface area contributed by atoms with Gasteiger partial charge in [0, 0.05) is 10.6 Å². The van der Waals surface area contributed by atoms with Crippen molar-refractivity contribution in [1.29, 1.82) is 0 Å². The monoisotopic (exact) mass is 361 g/mol. The number of halogens is 5. The number of hydrogen-bond donors (Lipinski definition) is 1. The Bertz CT molecular complexity index is 762. The summed E-state index contributed by atoms with van der Waals surface area (Å²) in [5.41, 5.74) is -1.18. The summed E-state index contributed by atoms with van der Waals surface area (Å²) < 4.78 is 56.7. The zero-order chi connectivity index (χ0) is 17.9. The van der Waals surface area contributed by atoms with E-state index in [0.717, 1.165) is 0 Å². The van der Waals surface area contributed by atoms with Crippen LogP contribution in [0.2, 0.25) is 5.02 Å². The molecule has 2 aromatic rings. The molecule has 0 fully saturated rings. The van der Waals surface area contributed by atoms with E-state index in [1.165, 1.54) is 13.2 Å². The quantitative estimate of drug-likeness (QED) is 0.802. The number of carbonyl (C=O) groups is 1. The molecule has 3 nitrogen and oxygen atoms in total. The Labute approximate surface area is 140 Å². The second kappa shape index (κ2) is 7.09. The van der Waals surface area contributed by atoms with E-state index in [0.29, 0.717) is 34.5 Å². The minimum Gasteiger partial charge on any atom is -0.496 e. The molecule has 24 heavy (non-hydrogen) atoms. The van der Waals surface area contributed by atoms with Crippen LogP contribution in [-0.2, 0) is 17.4 Å². The van der Waals surface area contributed by atoms with E-state index in [-0.39, 0.29) is 6.42 Å². The van der Waals surface area contributed by atoms with Crippen LogP contribution < -0.4 is 10.1 Å². The van der Waals surface area contributed by atoms with E-state index in [2.05, 4.69) is 5.32 Å². The number of amides is 1. The highest BCUT2D eigenvalue weighted by atomic mass is 35.5. The number of hydrogen-bond acceptors (Lipinski definition) is 2. The summed E-state index contributed by atoms with van der Waals surface area (Å²) in [7, 11) is 1.40. The third-order valence-corrected chi connectivity index (χ3v) is 3.40. The van der Waals surface area contributed by atoms with Crippen LogP contribution in [0.15, 0.2) is 36.4 Å². The Hall–Kier alpha value is -2.28. The molecule has 0 saturated carbocycles. The average molecular weight is 362 g/mol. The second-order valence-corrected chi connectivity index (χ2v) is 5.31. The van der Waals surface area contributed by atoms with Gasteiger partial charge in [0.15, 0.2) is 0 Å². The minimum absolute atomic E-state index is 0.237. The molecular formula is C16H12ClF4NO2. The Morgan fingerprint density at radius 3 is 2.54 bits per heavy atom. The maximum atomic E-state index is 13.6. The molecule has 0 heterocycles. The van der Waals surface area contributed by atoms with Gasteiger partial charge < -0.3 is 10.1 Å². The number of carbonyl (C=O) groups excluding carboxylic acids is 1. The number of nitrogens with one attached hydrogen (secondary N) is 1. The van der Waals surface area contributed by atoms with Gasteiger partial charge in [0.05, 0.1) is 24.8 Å². The van der Waals surface area contributed by atoms with Gasteiger partial charge in [-0.3, -0.25) is 4.79 Å². The van der Waals surface area contributed by atoms with E-state index >= 15 is 0 Å². The molecule has 1 N–H and O–H groups in total. The maximum absolute atomic E-state index is 13.6. The van der Waals surface area contributed by atoms with Crippen LogP contribution in [0.1, 0.15) is 11.1 Å². The Balaban J connectivity index is 2.20. The lowest BCUT2D eigenvalue weighted by atomic mass is 10.1. The summed E-state index contributed by atoms with van der Waals surface area (Å²) in [5.74, 6) is -1.28. The highest BCUT2D eigenvalue weighted by Gasteiger charge is 2.31. The standard InChI is InChI=1S/C16H12ClF4NO2/c1-24-14-5-3-11(17)6-9(14)7-15(23)22-13-8-10(16(19,20)21)2-4-12(13)18/h2-6,8H,7H2,1H3,(H,22,23). The van der Waals surface area contributed by atoms with Crippen LogP contribution in [-0.4, -0.2) is 13.0 Å². The van der Waals surface area contributed by atoms with Gasteiger partial charge in [-0.1, -0.05) is 11.6 Å². The van der Waals surface area contributed by atoms with Crippen LogP contribution in [0, 0.1) is 5.82 Å². The predicted molar refractivity (Wildman–Crippen MR) is 81.7 cm³/mol. The van der Waals surface area contributed by atoms with Crippen LogP contribution >= 0.6 is 11.6 Å². The predicted octanol–water partition coefficient (Wildman–Crippen LogP) is 4.69. The summed E-state index contributed by atoms with van der Waals surface area (Å²) in [6, 6.07) is 6.40. The minimum atomic E-state index is -4.64. The molecule has 0 bridgehead atoms. The molecule has 0 aliphatic heterocycles. The van der Waals surface area contributed by atoms with E-state index in [1.807, 2.05) is 0 Å². The zero-order valence-electron chi connectivity index (χ0n) is 12.4. The van der Waals surface area contributed by atoms with Crippen LogP contribution in [0.25, 0.3) is 0 Å². The lowest BCUT2D eigenvalue weighted by molar-refractivity contribution is -0.137. The van der Waals surface area contributed by atoms with Crippen molar-refractivity contribution in [3.05, 3.63) is 58.4 Å². The van der Waals surface area contributed by atoms with Gasteiger partial charge in [-0.25, -0.2) is 4.39 Å². The number of rotatable bonds is 4. The zero-order valence-corrected chi connectivity index (χ0v) is 13.1. The lowest BCUT2D eigenvalue weighted by Crippen LogP contribution is -2.17. The summed E-state index contributed by atoms with van der Waals surface area (Å²) in [6.45, 7) is 0. The number of anilines is 1. The number of ether oxygens (including phenoxy) is 1. The molecule has 128 valence electrons. The largest absolute Gasteiger partial charge is 0.496 e. The lowest BCUT2D eigenvalue weighted by Gasteiger charge is -2.12. The molecule has 0 saturated heterocycles. The van der Waals surface area contributed by atoms with Crippen LogP contribution in [0.4, 0.5) is 23.2 Å². The fourth-order valence-corrected chi connectivity index (χ4v) is 2.24. The normalized spacial score (nSPS) is 11.2. The van der Waals surface area contributed by atoms with Crippen molar-refractivity contribution in [2.45, 2.75) is 12.6 Å². The van der Waals surface area contributed by atoms with E-state index in [1.54, 1.807) is 12.1 Å². The summed E-state index contributed by atoms with van der Waals surface area (Å²) in [6.07, 6.45) is -4.87. The number of benzene rings is 2. The van der Waals surface area contributed by atoms with Crippen molar-refractivity contribution in [2.75, 3.05) is 12.4 Å². The molecule has 0 spiro atoms. The topological polar surface area (TPSA) is 38.3 Å². The molecule has 0 aromatic heterocycles. The SMILES string of the molecule is COc1ccc(Cl)cc1CC(=O)Nc1cc(C(F)(F)F)ccc1F. The Morgan fingerprint density at radius 1 is 1.21 bits per heavy atom. The summed E-state index contributed by atoms with van der Waals surface area (Å²) >= 11 is 5.84. The molecule has 0 radical (unpaired) electrons. The Morgan fingerprint density at radius 2 is 1.92 bits per heavy atom. The third-order valence-electron chi connectivity index (χ3n) is 3.16. The second-order valence-electron chi connectivity index (χ2n) is 4.87. The van der Waals surface area contributed by atoms with Crippen LogP contribution in [0.3, 0.4) is 0 Å². The number of methoxy groups -OCH3 is 1. The Kier molecular flexibility index (Phi) is 5.33. The summed E-state index contributed by atoms with van der Waals surface area (Å²) in [5, 5.41) is 2.49. The molecular weight excluding hydrogens is 350 g/mol. The molecule has 0 atom stereocenters. The van der Waals surface area contributed by atoms with Gasteiger partial charge in [0.25, 0.3) is 0 Å². The molecule has 0 aliphatic rings. The molecule has 8 heteroatoms. The summed E-state index contributed by atoms with van der Waals surface area (Å²) in [4.78, 5) is 12.0. The molecule has 0 unspecified atom stereocenters. The number of alkyl halides is 3. The average Bonchev–Trinajstić information content (AvgIpc) is 2.48. The van der Waals surface area contributed by atoms with Crippen molar-refractivity contribution in [3.8, 4) is 5.75 Å². The van der Waals surface area contributed by atoms with Gasteiger partial charge in [0.1, 0.15) is 11.6 Å². The first kappa shape index (κ1) is 18.1. The molecule has 1 amide bonds. The fourth-order valence-electron chi connectivity index (χ4n) is 2.05. The third kappa shape index (κ3) is 4.38. The smallest absolute Gasteiger partial charge is 0.416 e. The molecule has 2 rings (SSSR count). The maximum Gasteiger partial charge on any atom is 0.416 e. The van der Waals surface area contributed by atoms with E-state index in [4.69, 9.17) is 16.3 Å². The van der Waals surface area contributed by atoms with Gasteiger partial charge in [-0.05, 0) is 36.4 Å². The van der Waals surface area contributed by atoms with Crippen molar-refractivity contribution in [3.63, 3.8) is 0 Å².